The Kier molecular flexibility index (Phi) is 10.6. The van der Waals surface area contributed by atoms with Gasteiger partial charge in [0.2, 0.25) is 0 Å². The predicted molar refractivity (Wildman–Crippen MR) is 149 cm³/mol. The number of carbonyl (C=O) groups excluding carboxylic acids is 1. The molecule has 0 bridgehead atoms. The van der Waals surface area contributed by atoms with E-state index in [0.29, 0.717) is 35.1 Å². The van der Waals surface area contributed by atoms with Gasteiger partial charge >= 0.3 is 29.6 Å². The molecule has 0 aliphatic rings. The third-order valence-electron chi connectivity index (χ3n) is 5.78. The van der Waals surface area contributed by atoms with Crippen LogP contribution in [0.3, 0.4) is 0 Å². The maximum Gasteiger partial charge on any atom is 1.00 e. The second-order valence-corrected chi connectivity index (χ2v) is 10.5. The van der Waals surface area contributed by atoms with E-state index in [1.807, 2.05) is 0 Å². The van der Waals surface area contributed by atoms with E-state index in [1.165, 1.54) is 12.1 Å². The minimum atomic E-state index is -4.71. The Bertz CT molecular complexity index is 1730. The predicted octanol–water partition coefficient (Wildman–Crippen LogP) is 4.10. The van der Waals surface area contributed by atoms with E-state index >= 15 is 0 Å². The van der Waals surface area contributed by atoms with Gasteiger partial charge in [-0.3, -0.25) is 9.35 Å². The van der Waals surface area contributed by atoms with Crippen molar-refractivity contribution in [1.82, 2.24) is 0 Å². The molecule has 1 amide bonds. The van der Waals surface area contributed by atoms with Crippen LogP contribution in [0.5, 0.6) is 11.5 Å². The largest absolute Gasteiger partial charge is 1.00 e. The van der Waals surface area contributed by atoms with Crippen molar-refractivity contribution in [2.45, 2.75) is 25.2 Å². The summed E-state index contributed by atoms with van der Waals surface area (Å²) in [5.41, 5.74) is 0.104. The molecule has 0 radical (unpaired) electrons. The number of benzene rings is 4. The van der Waals surface area contributed by atoms with E-state index < -0.39 is 26.7 Å². The van der Waals surface area contributed by atoms with Crippen molar-refractivity contribution in [1.29, 1.82) is 0 Å². The van der Waals surface area contributed by atoms with Crippen LogP contribution in [-0.4, -0.2) is 25.5 Å². The standard InChI is InChI=1S/C27H23Cl2N3O6S.Na/c1-3-15-13-21(23(14-20(15)29)39(35,36)37)31-32-24-17-9-6-5-8-16(17)12-18(26(24)33)27(34)30-25-19(28)10-7-11-22(25)38-4-2;/h5-14,33H,3-4H2,1-2H3,(H,30,34)(H,35,36,37);/q;+1/p-1. The molecular formula is C27H22Cl2N3NaO6S. The zero-order valence-corrected chi connectivity index (χ0v) is 26.1. The van der Waals surface area contributed by atoms with Crippen molar-refractivity contribution >= 4 is 67.1 Å². The summed E-state index contributed by atoms with van der Waals surface area (Å²) < 4.78 is 39.2. The normalized spacial score (nSPS) is 11.4. The van der Waals surface area contributed by atoms with Gasteiger partial charge in [-0.1, -0.05) is 66.2 Å². The summed E-state index contributed by atoms with van der Waals surface area (Å²) >= 11 is 12.4. The van der Waals surface area contributed by atoms with Crippen LogP contribution in [0.15, 0.2) is 75.8 Å². The molecule has 0 heterocycles. The number of hydrogen-bond acceptors (Lipinski definition) is 7. The third kappa shape index (κ3) is 6.77. The van der Waals surface area contributed by atoms with Crippen molar-refractivity contribution in [2.24, 2.45) is 10.2 Å². The molecule has 0 saturated heterocycles. The quantitative estimate of drug-likeness (QED) is 0.175. The van der Waals surface area contributed by atoms with Gasteiger partial charge in [0.25, 0.3) is 16.0 Å². The van der Waals surface area contributed by atoms with Gasteiger partial charge in [-0.25, -0.2) is 0 Å². The van der Waals surface area contributed by atoms with E-state index in [0.717, 1.165) is 6.07 Å². The maximum atomic E-state index is 13.5. The second kappa shape index (κ2) is 13.3. The minimum absolute atomic E-state index is 0. The smallest absolute Gasteiger partial charge is 0.870 e. The Labute approximate surface area is 263 Å². The molecule has 0 atom stereocenters. The van der Waals surface area contributed by atoms with Gasteiger partial charge < -0.3 is 15.2 Å². The Morgan fingerprint density at radius 3 is 2.42 bits per heavy atom. The first-order valence-corrected chi connectivity index (χ1v) is 13.9. The molecule has 0 aromatic heterocycles. The zero-order valence-electron chi connectivity index (χ0n) is 21.7. The molecule has 2 N–H and O–H groups in total. The van der Waals surface area contributed by atoms with Gasteiger partial charge in [-0.15, -0.1) is 5.11 Å². The first kappa shape index (κ1) is 31.8. The summed E-state index contributed by atoms with van der Waals surface area (Å²) in [5, 5.41) is 25.5. The number of amides is 1. The van der Waals surface area contributed by atoms with Gasteiger partial charge in [0.15, 0.2) is 0 Å². The fourth-order valence-electron chi connectivity index (χ4n) is 3.91. The molecule has 0 spiro atoms. The number of aryl methyl sites for hydroxylation is 1. The zero-order chi connectivity index (χ0) is 28.3. The Balaban J connectivity index is 0.00000441. The number of anilines is 1. The Morgan fingerprint density at radius 1 is 1.02 bits per heavy atom. The fraction of sp³-hybridized carbons (Fsp3) is 0.148. The van der Waals surface area contributed by atoms with Crippen molar-refractivity contribution in [2.75, 3.05) is 11.9 Å². The summed E-state index contributed by atoms with van der Waals surface area (Å²) in [6.45, 7) is 3.91. The first-order chi connectivity index (χ1) is 18.5. The molecule has 0 aliphatic carbocycles. The van der Waals surface area contributed by atoms with Crippen molar-refractivity contribution in [3.8, 4) is 11.5 Å². The first-order valence-electron chi connectivity index (χ1n) is 11.7. The van der Waals surface area contributed by atoms with Crippen LogP contribution in [0.25, 0.3) is 10.8 Å². The molecular weight excluding hydrogens is 588 g/mol. The number of azo groups is 1. The van der Waals surface area contributed by atoms with Crippen LogP contribution in [0.4, 0.5) is 17.1 Å². The summed E-state index contributed by atoms with van der Waals surface area (Å²) in [5.74, 6) is -1.17. The number of nitrogens with one attached hydrogen (secondary N) is 1. The van der Waals surface area contributed by atoms with Crippen molar-refractivity contribution in [3.63, 3.8) is 0 Å². The molecule has 0 saturated carbocycles. The Hall–Kier alpha value is -2.70. The molecule has 202 valence electrons. The van der Waals surface area contributed by atoms with Crippen LogP contribution in [0, 0.1) is 0 Å². The van der Waals surface area contributed by atoms with Gasteiger partial charge in [-0.2, -0.15) is 13.5 Å². The number of rotatable bonds is 8. The summed E-state index contributed by atoms with van der Waals surface area (Å²) in [4.78, 5) is 12.7. The molecule has 13 heteroatoms. The molecule has 4 aromatic carbocycles. The average molecular weight is 610 g/mol. The van der Waals surface area contributed by atoms with E-state index in [4.69, 9.17) is 27.9 Å². The molecule has 4 rings (SSSR count). The topological polar surface area (TPSA) is 140 Å². The number of nitrogens with zero attached hydrogens (tertiary/aromatic N) is 2. The van der Waals surface area contributed by atoms with Crippen LogP contribution in [0.2, 0.25) is 10.0 Å². The molecule has 0 unspecified atom stereocenters. The number of ether oxygens (including phenoxy) is 1. The SMILES string of the molecule is CCOc1cccc(Cl)c1NC(=O)c1cc2ccccc2c(N=Nc2cc(CC)c(Cl)cc2S(=O)(=O)O)c1[O-].[Na+]. The second-order valence-electron chi connectivity index (χ2n) is 8.26. The van der Waals surface area contributed by atoms with Gasteiger partial charge in [0.1, 0.15) is 22.0 Å². The van der Waals surface area contributed by atoms with Gasteiger partial charge in [0.05, 0.1) is 17.3 Å². The molecule has 40 heavy (non-hydrogen) atoms. The fourth-order valence-corrected chi connectivity index (χ4v) is 5.11. The summed E-state index contributed by atoms with van der Waals surface area (Å²) in [6.07, 6.45) is 0.449. The number of carbonyl (C=O) groups is 1. The Morgan fingerprint density at radius 2 is 1.75 bits per heavy atom. The van der Waals surface area contributed by atoms with Crippen LogP contribution >= 0.6 is 23.2 Å². The number of hydrogen-bond donors (Lipinski definition) is 2. The van der Waals surface area contributed by atoms with Crippen LogP contribution in [-0.2, 0) is 16.5 Å². The molecule has 4 aromatic rings. The monoisotopic (exact) mass is 609 g/mol. The van der Waals surface area contributed by atoms with Gasteiger partial charge in [-0.05, 0) is 54.6 Å². The van der Waals surface area contributed by atoms with E-state index in [-0.39, 0.29) is 62.2 Å². The van der Waals surface area contributed by atoms with E-state index in [9.17, 15) is 22.9 Å². The van der Waals surface area contributed by atoms with Crippen LogP contribution in [0.1, 0.15) is 29.8 Å². The number of fused-ring (bicyclic) bond motifs is 1. The van der Waals surface area contributed by atoms with Crippen molar-refractivity contribution < 1.29 is 57.2 Å². The van der Waals surface area contributed by atoms with Gasteiger partial charge in [0, 0.05) is 16.0 Å². The van der Waals surface area contributed by atoms with Crippen LogP contribution < -0.4 is 44.7 Å². The molecule has 0 aliphatic heterocycles. The van der Waals surface area contributed by atoms with Crippen molar-refractivity contribution in [3.05, 3.63) is 81.8 Å². The molecule has 0 fully saturated rings. The third-order valence-corrected chi connectivity index (χ3v) is 7.33. The number of para-hydroxylation sites is 1. The average Bonchev–Trinajstić information content (AvgIpc) is 2.89. The molecule has 9 nitrogen and oxygen atoms in total. The van der Waals surface area contributed by atoms with E-state index in [2.05, 4.69) is 15.5 Å². The van der Waals surface area contributed by atoms with E-state index in [1.54, 1.807) is 56.3 Å². The summed E-state index contributed by atoms with van der Waals surface area (Å²) in [7, 11) is -4.71. The minimum Gasteiger partial charge on any atom is -0.870 e. The number of halogens is 2. The summed E-state index contributed by atoms with van der Waals surface area (Å²) in [6, 6.07) is 15.4. The maximum absolute atomic E-state index is 13.5.